The van der Waals surface area contributed by atoms with Gasteiger partial charge in [-0.05, 0) is 19.1 Å². The van der Waals surface area contributed by atoms with Crippen LogP contribution in [0.4, 0.5) is 11.4 Å². The standard InChI is InChI=1S/C12H14N4O4S/c1-8-9(7-14-15-8)6-13-10-4-3-5-11(21(2,19)20)12(10)16(17)18/h3-5,7,13H,6H2,1-2H3,(H,14,15). The van der Waals surface area contributed by atoms with Crippen LogP contribution in [-0.2, 0) is 16.4 Å². The van der Waals surface area contributed by atoms with Gasteiger partial charge in [-0.3, -0.25) is 15.2 Å². The predicted molar refractivity (Wildman–Crippen MR) is 76.9 cm³/mol. The van der Waals surface area contributed by atoms with Gasteiger partial charge in [0.15, 0.2) is 9.84 Å². The molecule has 1 heterocycles. The molecule has 0 saturated heterocycles. The Morgan fingerprint density at radius 3 is 2.67 bits per heavy atom. The molecule has 2 N–H and O–H groups in total. The smallest absolute Gasteiger partial charge is 0.310 e. The Labute approximate surface area is 121 Å². The summed E-state index contributed by atoms with van der Waals surface area (Å²) < 4.78 is 23.3. The van der Waals surface area contributed by atoms with Crippen LogP contribution in [0.5, 0.6) is 0 Å². The van der Waals surface area contributed by atoms with Gasteiger partial charge in [0.05, 0.1) is 11.1 Å². The summed E-state index contributed by atoms with van der Waals surface area (Å²) in [6.07, 6.45) is 2.55. The molecule has 0 amide bonds. The van der Waals surface area contributed by atoms with E-state index in [9.17, 15) is 18.5 Å². The zero-order valence-corrected chi connectivity index (χ0v) is 12.3. The molecule has 0 aliphatic carbocycles. The van der Waals surface area contributed by atoms with Crippen LogP contribution in [0, 0.1) is 17.0 Å². The Morgan fingerprint density at radius 2 is 2.14 bits per heavy atom. The molecule has 0 atom stereocenters. The average molecular weight is 310 g/mol. The van der Waals surface area contributed by atoms with Crippen molar-refractivity contribution in [3.63, 3.8) is 0 Å². The van der Waals surface area contributed by atoms with Gasteiger partial charge in [-0.2, -0.15) is 5.10 Å². The van der Waals surface area contributed by atoms with Gasteiger partial charge >= 0.3 is 5.69 Å². The van der Waals surface area contributed by atoms with Crippen molar-refractivity contribution in [3.05, 3.63) is 45.8 Å². The number of aryl methyl sites for hydroxylation is 1. The number of aromatic nitrogens is 2. The highest BCUT2D eigenvalue weighted by Gasteiger charge is 2.25. The molecule has 8 nitrogen and oxygen atoms in total. The Balaban J connectivity index is 2.40. The molecule has 0 fully saturated rings. The maximum absolute atomic E-state index is 11.7. The highest BCUT2D eigenvalue weighted by atomic mass is 32.2. The number of benzene rings is 1. The Hall–Kier alpha value is -2.42. The number of hydrogen-bond donors (Lipinski definition) is 2. The summed E-state index contributed by atoms with van der Waals surface area (Å²) in [7, 11) is -3.68. The summed E-state index contributed by atoms with van der Waals surface area (Å²) in [5.41, 5.74) is 1.39. The quantitative estimate of drug-likeness (QED) is 0.640. The van der Waals surface area contributed by atoms with E-state index < -0.39 is 20.4 Å². The minimum atomic E-state index is -3.68. The molecule has 112 valence electrons. The minimum Gasteiger partial charge on any atom is -0.375 e. The number of H-pyrrole nitrogens is 1. The van der Waals surface area contributed by atoms with Gasteiger partial charge in [-0.1, -0.05) is 6.07 Å². The number of aromatic amines is 1. The van der Waals surface area contributed by atoms with E-state index in [0.717, 1.165) is 17.5 Å². The second kappa shape index (κ2) is 5.52. The van der Waals surface area contributed by atoms with Crippen molar-refractivity contribution in [1.29, 1.82) is 0 Å². The second-order valence-corrected chi connectivity index (χ2v) is 6.54. The van der Waals surface area contributed by atoms with Crippen molar-refractivity contribution in [1.82, 2.24) is 10.2 Å². The molecule has 0 bridgehead atoms. The number of rotatable bonds is 5. The highest BCUT2D eigenvalue weighted by molar-refractivity contribution is 7.90. The first-order chi connectivity index (χ1) is 9.80. The molecule has 0 aliphatic heterocycles. The molecule has 2 rings (SSSR count). The van der Waals surface area contributed by atoms with Gasteiger partial charge < -0.3 is 5.32 Å². The van der Waals surface area contributed by atoms with Gasteiger partial charge in [0.2, 0.25) is 0 Å². The molecule has 21 heavy (non-hydrogen) atoms. The van der Waals surface area contributed by atoms with Crippen LogP contribution >= 0.6 is 0 Å². The predicted octanol–water partition coefficient (Wildman–Crippen LogP) is 1.64. The lowest BCUT2D eigenvalue weighted by molar-refractivity contribution is -0.386. The van der Waals surface area contributed by atoms with Gasteiger partial charge in [-0.25, -0.2) is 8.42 Å². The normalized spacial score (nSPS) is 11.3. The van der Waals surface area contributed by atoms with E-state index in [0.29, 0.717) is 6.54 Å². The van der Waals surface area contributed by atoms with Crippen molar-refractivity contribution >= 4 is 21.2 Å². The zero-order valence-electron chi connectivity index (χ0n) is 11.5. The third-order valence-corrected chi connectivity index (χ3v) is 4.11. The lowest BCUT2D eigenvalue weighted by Crippen LogP contribution is -2.08. The van der Waals surface area contributed by atoms with Gasteiger partial charge in [-0.15, -0.1) is 0 Å². The van der Waals surface area contributed by atoms with Crippen LogP contribution in [0.3, 0.4) is 0 Å². The van der Waals surface area contributed by atoms with Crippen molar-refractivity contribution in [2.24, 2.45) is 0 Å². The number of hydrogen-bond acceptors (Lipinski definition) is 6. The number of sulfone groups is 1. The van der Waals surface area contributed by atoms with E-state index in [1.54, 1.807) is 6.20 Å². The third kappa shape index (κ3) is 3.19. The fourth-order valence-electron chi connectivity index (χ4n) is 1.90. The lowest BCUT2D eigenvalue weighted by atomic mass is 10.2. The van der Waals surface area contributed by atoms with Gasteiger partial charge in [0.25, 0.3) is 0 Å². The van der Waals surface area contributed by atoms with Crippen LogP contribution in [0.25, 0.3) is 0 Å². The van der Waals surface area contributed by atoms with Gasteiger partial charge in [0.1, 0.15) is 10.6 Å². The van der Waals surface area contributed by atoms with Crippen molar-refractivity contribution in [3.8, 4) is 0 Å². The first-order valence-corrected chi connectivity index (χ1v) is 7.90. The van der Waals surface area contributed by atoms with Crippen LogP contribution in [0.2, 0.25) is 0 Å². The number of anilines is 1. The van der Waals surface area contributed by atoms with Crippen molar-refractivity contribution in [2.45, 2.75) is 18.4 Å². The molecular formula is C12H14N4O4S. The summed E-state index contributed by atoms with van der Waals surface area (Å²) in [5, 5.41) is 20.7. The SMILES string of the molecule is Cc1[nH]ncc1CNc1cccc(S(C)(=O)=O)c1[N+](=O)[O-]. The molecule has 0 saturated carbocycles. The van der Waals surface area contributed by atoms with Crippen LogP contribution in [0.15, 0.2) is 29.3 Å². The number of nitrogens with one attached hydrogen (secondary N) is 2. The van der Waals surface area contributed by atoms with E-state index in [2.05, 4.69) is 15.5 Å². The maximum Gasteiger partial charge on any atom is 0.310 e. The number of nitrogens with zero attached hydrogens (tertiary/aromatic N) is 2. The lowest BCUT2D eigenvalue weighted by Gasteiger charge is -2.09. The van der Waals surface area contributed by atoms with E-state index in [1.165, 1.54) is 18.2 Å². The Morgan fingerprint density at radius 1 is 1.43 bits per heavy atom. The first kappa shape index (κ1) is 15.0. The summed E-state index contributed by atoms with van der Waals surface area (Å²) in [4.78, 5) is 10.2. The molecule has 1 aromatic heterocycles. The first-order valence-electron chi connectivity index (χ1n) is 6.01. The van der Waals surface area contributed by atoms with Gasteiger partial charge in [0, 0.05) is 24.1 Å². The molecule has 9 heteroatoms. The van der Waals surface area contributed by atoms with Crippen molar-refractivity contribution in [2.75, 3.05) is 11.6 Å². The molecule has 0 radical (unpaired) electrons. The molecular weight excluding hydrogens is 296 g/mol. The number of para-hydroxylation sites is 1. The van der Waals surface area contributed by atoms with E-state index in [-0.39, 0.29) is 10.6 Å². The van der Waals surface area contributed by atoms with E-state index in [1.807, 2.05) is 6.92 Å². The third-order valence-electron chi connectivity index (χ3n) is 2.98. The molecule has 1 aromatic carbocycles. The summed E-state index contributed by atoms with van der Waals surface area (Å²) in [6.45, 7) is 2.13. The van der Waals surface area contributed by atoms with E-state index >= 15 is 0 Å². The molecule has 2 aromatic rings. The summed E-state index contributed by atoms with van der Waals surface area (Å²) >= 11 is 0. The summed E-state index contributed by atoms with van der Waals surface area (Å²) in [6, 6.07) is 4.16. The van der Waals surface area contributed by atoms with E-state index in [4.69, 9.17) is 0 Å². The Bertz CT molecular complexity index is 782. The largest absolute Gasteiger partial charge is 0.375 e. The topological polar surface area (TPSA) is 118 Å². The second-order valence-electron chi connectivity index (χ2n) is 4.56. The Kier molecular flexibility index (Phi) is 3.94. The van der Waals surface area contributed by atoms with Crippen LogP contribution < -0.4 is 5.32 Å². The average Bonchev–Trinajstić information content (AvgIpc) is 2.80. The fraction of sp³-hybridized carbons (Fsp3) is 0.250. The fourth-order valence-corrected chi connectivity index (χ4v) is 2.76. The maximum atomic E-state index is 11.7. The number of nitro groups is 1. The molecule has 0 aliphatic rings. The summed E-state index contributed by atoms with van der Waals surface area (Å²) in [5.74, 6) is 0. The van der Waals surface area contributed by atoms with Crippen molar-refractivity contribution < 1.29 is 13.3 Å². The monoisotopic (exact) mass is 310 g/mol. The molecule has 0 unspecified atom stereocenters. The highest BCUT2D eigenvalue weighted by Crippen LogP contribution is 2.32. The zero-order chi connectivity index (χ0) is 15.6. The van der Waals surface area contributed by atoms with Crippen LogP contribution in [0.1, 0.15) is 11.3 Å². The molecule has 0 spiro atoms. The minimum absolute atomic E-state index is 0.156. The number of nitro benzene ring substituents is 1. The van der Waals surface area contributed by atoms with Crippen LogP contribution in [-0.4, -0.2) is 29.8 Å².